The number of H-pyrrole nitrogens is 1. The van der Waals surface area contributed by atoms with E-state index in [0.717, 1.165) is 28.0 Å². The Labute approximate surface area is 180 Å². The molecule has 1 fully saturated rings. The fourth-order valence-electron chi connectivity index (χ4n) is 3.92. The normalized spacial score (nSPS) is 14.5. The Bertz CT molecular complexity index is 1190. The molecule has 1 aromatic heterocycles. The summed E-state index contributed by atoms with van der Waals surface area (Å²) in [5.74, 6) is 1.75. The van der Waals surface area contributed by atoms with E-state index >= 15 is 0 Å². The molecule has 1 heterocycles. The second-order valence-electron chi connectivity index (χ2n) is 7.91. The van der Waals surface area contributed by atoms with Crippen molar-refractivity contribution in [3.8, 4) is 16.9 Å². The van der Waals surface area contributed by atoms with Crippen LogP contribution in [0.4, 0.5) is 5.69 Å². The van der Waals surface area contributed by atoms with Crippen molar-refractivity contribution >= 4 is 17.8 Å². The monoisotopic (exact) mass is 416 g/mol. The summed E-state index contributed by atoms with van der Waals surface area (Å²) in [7, 11) is 1.66. The third-order valence-electron chi connectivity index (χ3n) is 5.86. The average Bonchev–Trinajstić information content (AvgIpc) is 3.62. The highest BCUT2D eigenvalue weighted by Gasteiger charge is 2.31. The molecule has 31 heavy (non-hydrogen) atoms. The van der Waals surface area contributed by atoms with Crippen LogP contribution in [0.3, 0.4) is 0 Å². The van der Waals surface area contributed by atoms with Gasteiger partial charge < -0.3 is 9.72 Å². The predicted octanol–water partition coefficient (Wildman–Crippen LogP) is 5.64. The van der Waals surface area contributed by atoms with Crippen LogP contribution in [-0.4, -0.2) is 17.0 Å². The Morgan fingerprint density at radius 3 is 2.52 bits per heavy atom. The Kier molecular flexibility index (Phi) is 5.71. The van der Waals surface area contributed by atoms with Gasteiger partial charge in [-0.1, -0.05) is 19.1 Å². The average molecular weight is 416 g/mol. The summed E-state index contributed by atoms with van der Waals surface area (Å²) in [4.78, 5) is 25.6. The molecule has 4 rings (SSSR count). The van der Waals surface area contributed by atoms with Crippen LogP contribution in [0.2, 0.25) is 0 Å². The minimum absolute atomic E-state index is 0.0561. The summed E-state index contributed by atoms with van der Waals surface area (Å²) >= 11 is 0. The summed E-state index contributed by atoms with van der Waals surface area (Å²) in [6.07, 6.45) is 7.86. The number of benzene rings is 2. The molecule has 0 radical (unpaired) electrons. The summed E-state index contributed by atoms with van der Waals surface area (Å²) in [5.41, 5.74) is 4.17. The Balaban J connectivity index is 1.80. The van der Waals surface area contributed by atoms with Gasteiger partial charge in [-0.2, -0.15) is 0 Å². The topological polar surface area (TPSA) is 85.2 Å². The van der Waals surface area contributed by atoms with E-state index in [1.807, 2.05) is 30.4 Å². The second kappa shape index (κ2) is 8.60. The number of ether oxygens (including phenoxy) is 1. The molecule has 0 bridgehead atoms. The minimum Gasteiger partial charge on any atom is -0.496 e. The molecular formula is C25H24N2O4. The third-order valence-corrected chi connectivity index (χ3v) is 5.86. The molecule has 3 aromatic rings. The molecule has 6 heteroatoms. The first kappa shape index (κ1) is 20.6. The van der Waals surface area contributed by atoms with E-state index in [-0.39, 0.29) is 11.2 Å². The van der Waals surface area contributed by atoms with Gasteiger partial charge in [0.15, 0.2) is 0 Å². The summed E-state index contributed by atoms with van der Waals surface area (Å²) in [5, 5.41) is 10.9. The number of non-ortho nitro benzene ring substituents is 1. The maximum atomic E-state index is 12.4. The first-order chi connectivity index (χ1) is 15.0. The van der Waals surface area contributed by atoms with Crippen LogP contribution in [0.25, 0.3) is 23.3 Å². The summed E-state index contributed by atoms with van der Waals surface area (Å²) < 4.78 is 5.81. The van der Waals surface area contributed by atoms with Gasteiger partial charge in [0, 0.05) is 29.5 Å². The van der Waals surface area contributed by atoms with Crippen LogP contribution in [0.5, 0.6) is 5.75 Å². The fourth-order valence-corrected chi connectivity index (χ4v) is 3.92. The SMILES string of the molecule is COc1c(/C=C/c2ccc([N+](=O)[O-])cc2)cc(-c2ccc[nH]c2=O)cc1C(C)C1CC1. The number of rotatable bonds is 7. The lowest BCUT2D eigenvalue weighted by molar-refractivity contribution is -0.384. The van der Waals surface area contributed by atoms with E-state index in [0.29, 0.717) is 17.4 Å². The molecular weight excluding hydrogens is 392 g/mol. The molecule has 2 aromatic carbocycles. The zero-order valence-corrected chi connectivity index (χ0v) is 17.5. The second-order valence-corrected chi connectivity index (χ2v) is 7.91. The number of nitrogens with zero attached hydrogens (tertiary/aromatic N) is 1. The van der Waals surface area contributed by atoms with Crippen molar-refractivity contribution < 1.29 is 9.66 Å². The number of aromatic amines is 1. The standard InChI is InChI=1S/C25H24N2O4/c1-16(18-9-10-18)23-15-20(22-4-3-13-26-25(22)28)14-19(24(23)31-2)8-5-17-6-11-21(12-7-17)27(29)30/h3-8,11-16,18H,9-10H2,1-2H3,(H,26,28)/b8-5+. The number of nitrogens with one attached hydrogen (secondary N) is 1. The van der Waals surface area contributed by atoms with Gasteiger partial charge in [0.2, 0.25) is 0 Å². The van der Waals surface area contributed by atoms with Crippen molar-refractivity contribution in [2.24, 2.45) is 5.92 Å². The van der Waals surface area contributed by atoms with Crippen LogP contribution < -0.4 is 10.3 Å². The lowest BCUT2D eigenvalue weighted by Gasteiger charge is -2.19. The zero-order valence-electron chi connectivity index (χ0n) is 17.5. The van der Waals surface area contributed by atoms with Crippen molar-refractivity contribution in [1.29, 1.82) is 0 Å². The Hall–Kier alpha value is -3.67. The molecule has 0 amide bonds. The van der Waals surface area contributed by atoms with Crippen molar-refractivity contribution in [2.45, 2.75) is 25.7 Å². The summed E-state index contributed by atoms with van der Waals surface area (Å²) in [6.45, 7) is 2.21. The number of pyridine rings is 1. The molecule has 1 saturated carbocycles. The van der Waals surface area contributed by atoms with E-state index in [2.05, 4.69) is 18.0 Å². The molecule has 0 aliphatic heterocycles. The minimum atomic E-state index is -0.414. The van der Waals surface area contributed by atoms with Gasteiger partial charge in [-0.3, -0.25) is 14.9 Å². The van der Waals surface area contributed by atoms with Crippen LogP contribution in [-0.2, 0) is 0 Å². The number of methoxy groups -OCH3 is 1. The van der Waals surface area contributed by atoms with Crippen molar-refractivity contribution in [3.63, 3.8) is 0 Å². The number of hydrogen-bond donors (Lipinski definition) is 1. The van der Waals surface area contributed by atoms with Crippen molar-refractivity contribution in [1.82, 2.24) is 4.98 Å². The van der Waals surface area contributed by atoms with E-state index < -0.39 is 4.92 Å². The van der Waals surface area contributed by atoms with Gasteiger partial charge in [-0.25, -0.2) is 0 Å². The van der Waals surface area contributed by atoms with E-state index in [1.165, 1.54) is 25.0 Å². The van der Waals surface area contributed by atoms with Crippen LogP contribution in [0.15, 0.2) is 59.5 Å². The van der Waals surface area contributed by atoms with E-state index in [9.17, 15) is 14.9 Å². The quantitative estimate of drug-likeness (QED) is 0.307. The first-order valence-corrected chi connectivity index (χ1v) is 10.3. The summed E-state index contributed by atoms with van der Waals surface area (Å²) in [6, 6.07) is 14.0. The lowest BCUT2D eigenvalue weighted by Crippen LogP contribution is -2.08. The highest BCUT2D eigenvalue weighted by atomic mass is 16.6. The number of aromatic nitrogens is 1. The zero-order chi connectivity index (χ0) is 22.0. The molecule has 1 atom stereocenters. The molecule has 158 valence electrons. The molecule has 1 N–H and O–H groups in total. The van der Waals surface area contributed by atoms with Gasteiger partial charge in [0.1, 0.15) is 5.75 Å². The highest BCUT2D eigenvalue weighted by Crippen LogP contribution is 2.46. The van der Waals surface area contributed by atoms with Gasteiger partial charge in [-0.15, -0.1) is 0 Å². The number of hydrogen-bond acceptors (Lipinski definition) is 4. The van der Waals surface area contributed by atoms with Crippen LogP contribution in [0, 0.1) is 16.0 Å². The number of nitro benzene ring substituents is 1. The van der Waals surface area contributed by atoms with Gasteiger partial charge in [0.05, 0.1) is 12.0 Å². The van der Waals surface area contributed by atoms with Crippen molar-refractivity contribution in [3.05, 3.63) is 91.9 Å². The smallest absolute Gasteiger partial charge is 0.269 e. The molecule has 1 aliphatic rings. The maximum Gasteiger partial charge on any atom is 0.269 e. The first-order valence-electron chi connectivity index (χ1n) is 10.3. The van der Waals surface area contributed by atoms with Crippen LogP contribution in [0.1, 0.15) is 42.4 Å². The highest BCUT2D eigenvalue weighted by molar-refractivity contribution is 5.78. The Morgan fingerprint density at radius 1 is 1.16 bits per heavy atom. The van der Waals surface area contributed by atoms with E-state index in [1.54, 1.807) is 25.4 Å². The largest absolute Gasteiger partial charge is 0.496 e. The Morgan fingerprint density at radius 2 is 1.90 bits per heavy atom. The van der Waals surface area contributed by atoms with E-state index in [4.69, 9.17) is 4.74 Å². The molecule has 0 saturated heterocycles. The van der Waals surface area contributed by atoms with Crippen LogP contribution >= 0.6 is 0 Å². The maximum absolute atomic E-state index is 12.4. The van der Waals surface area contributed by atoms with Gasteiger partial charge in [-0.05, 0) is 77.8 Å². The third kappa shape index (κ3) is 4.43. The molecule has 1 unspecified atom stereocenters. The lowest BCUT2D eigenvalue weighted by atomic mass is 9.89. The molecule has 0 spiro atoms. The molecule has 1 aliphatic carbocycles. The van der Waals surface area contributed by atoms with Crippen molar-refractivity contribution in [2.75, 3.05) is 7.11 Å². The fraction of sp³-hybridized carbons (Fsp3) is 0.240. The predicted molar refractivity (Wildman–Crippen MR) is 122 cm³/mol. The van der Waals surface area contributed by atoms with Gasteiger partial charge in [0.25, 0.3) is 11.2 Å². The van der Waals surface area contributed by atoms with Gasteiger partial charge >= 0.3 is 0 Å². The number of nitro groups is 1. The molecule has 6 nitrogen and oxygen atoms in total.